The number of anilines is 2. The van der Waals surface area contributed by atoms with Crippen molar-refractivity contribution in [2.24, 2.45) is 0 Å². The number of aryl methyl sites for hydroxylation is 1. The molecular formula is C15H17N3O3. The highest BCUT2D eigenvalue weighted by atomic mass is 16.5. The first-order chi connectivity index (χ1) is 9.95. The molecule has 0 saturated carbocycles. The van der Waals surface area contributed by atoms with E-state index in [1.807, 2.05) is 13.8 Å². The van der Waals surface area contributed by atoms with Gasteiger partial charge in [-0.1, -0.05) is 6.07 Å². The lowest BCUT2D eigenvalue weighted by molar-refractivity contribution is 0.0696. The van der Waals surface area contributed by atoms with Gasteiger partial charge >= 0.3 is 5.97 Å². The van der Waals surface area contributed by atoms with Crippen LogP contribution in [0.25, 0.3) is 0 Å². The van der Waals surface area contributed by atoms with E-state index in [2.05, 4.69) is 15.3 Å². The molecule has 2 rings (SSSR count). The summed E-state index contributed by atoms with van der Waals surface area (Å²) in [4.78, 5) is 19.2. The van der Waals surface area contributed by atoms with Crippen molar-refractivity contribution >= 4 is 17.5 Å². The van der Waals surface area contributed by atoms with Crippen molar-refractivity contribution in [3.05, 3.63) is 41.7 Å². The van der Waals surface area contributed by atoms with Crippen LogP contribution in [0, 0.1) is 6.92 Å². The Labute approximate surface area is 122 Å². The van der Waals surface area contributed by atoms with E-state index >= 15 is 0 Å². The van der Waals surface area contributed by atoms with E-state index in [1.54, 1.807) is 31.2 Å². The van der Waals surface area contributed by atoms with E-state index in [9.17, 15) is 4.79 Å². The smallest absolute Gasteiger partial charge is 0.336 e. The fourth-order valence-electron chi connectivity index (χ4n) is 1.79. The van der Waals surface area contributed by atoms with Crippen molar-refractivity contribution in [1.82, 2.24) is 9.97 Å². The molecule has 0 atom stereocenters. The topological polar surface area (TPSA) is 84.3 Å². The van der Waals surface area contributed by atoms with Crippen LogP contribution in [0.3, 0.4) is 0 Å². The molecule has 0 fully saturated rings. The number of rotatable bonds is 5. The summed E-state index contributed by atoms with van der Waals surface area (Å²) in [5, 5.41) is 12.2. The summed E-state index contributed by atoms with van der Waals surface area (Å²) in [6.45, 7) is 5.58. The Hall–Kier alpha value is -2.63. The summed E-state index contributed by atoms with van der Waals surface area (Å²) >= 11 is 0. The molecule has 0 saturated heterocycles. The van der Waals surface area contributed by atoms with Crippen LogP contribution >= 0.6 is 0 Å². The van der Waals surface area contributed by atoms with Crippen LogP contribution in [0.5, 0.6) is 5.88 Å². The number of aromatic nitrogens is 2. The number of hydrogen-bond donors (Lipinski definition) is 2. The van der Waals surface area contributed by atoms with Crippen molar-refractivity contribution in [2.45, 2.75) is 26.9 Å². The first kappa shape index (κ1) is 14.8. The van der Waals surface area contributed by atoms with Gasteiger partial charge in [-0.05, 0) is 38.5 Å². The number of hydrogen-bond acceptors (Lipinski definition) is 5. The number of carboxylic acids is 1. The number of aromatic carboxylic acids is 1. The van der Waals surface area contributed by atoms with E-state index in [-0.39, 0.29) is 11.7 Å². The standard InChI is InChI=1S/C15H17N3O3/c1-9(2)21-14-7-13(16-8-17-14)18-11-5-4-10(3)12(6-11)15(19)20/h4-9H,1-3H3,(H,19,20)(H,16,17,18). The lowest BCUT2D eigenvalue weighted by atomic mass is 10.1. The highest BCUT2D eigenvalue weighted by Crippen LogP contribution is 2.20. The second-order valence-corrected chi connectivity index (χ2v) is 4.87. The molecule has 1 heterocycles. The van der Waals surface area contributed by atoms with E-state index in [0.29, 0.717) is 22.9 Å². The van der Waals surface area contributed by atoms with Gasteiger partial charge in [0.05, 0.1) is 11.7 Å². The third-order valence-electron chi connectivity index (χ3n) is 2.74. The third-order valence-corrected chi connectivity index (χ3v) is 2.74. The molecule has 6 heteroatoms. The Kier molecular flexibility index (Phi) is 4.37. The van der Waals surface area contributed by atoms with E-state index in [1.165, 1.54) is 6.33 Å². The lowest BCUT2D eigenvalue weighted by Crippen LogP contribution is -2.07. The van der Waals surface area contributed by atoms with Gasteiger partial charge in [0, 0.05) is 11.8 Å². The number of ether oxygens (including phenoxy) is 1. The average Bonchev–Trinajstić information content (AvgIpc) is 2.40. The second kappa shape index (κ2) is 6.21. The molecule has 2 N–H and O–H groups in total. The maximum absolute atomic E-state index is 11.1. The van der Waals surface area contributed by atoms with E-state index < -0.39 is 5.97 Å². The molecule has 0 aliphatic heterocycles. The highest BCUT2D eigenvalue weighted by Gasteiger charge is 2.09. The molecule has 0 unspecified atom stereocenters. The summed E-state index contributed by atoms with van der Waals surface area (Å²) in [7, 11) is 0. The zero-order chi connectivity index (χ0) is 15.4. The number of nitrogens with one attached hydrogen (secondary N) is 1. The predicted molar refractivity (Wildman–Crippen MR) is 79.2 cm³/mol. The Morgan fingerprint density at radius 3 is 2.71 bits per heavy atom. The van der Waals surface area contributed by atoms with Gasteiger partial charge in [-0.3, -0.25) is 0 Å². The Balaban J connectivity index is 2.22. The Morgan fingerprint density at radius 2 is 2.05 bits per heavy atom. The SMILES string of the molecule is Cc1ccc(Nc2cc(OC(C)C)ncn2)cc1C(=O)O. The summed E-state index contributed by atoms with van der Waals surface area (Å²) < 4.78 is 5.49. The minimum atomic E-state index is -0.956. The predicted octanol–water partition coefficient (Wildman–Crippen LogP) is 3.01. The quantitative estimate of drug-likeness (QED) is 0.879. The zero-order valence-corrected chi connectivity index (χ0v) is 12.1. The molecule has 21 heavy (non-hydrogen) atoms. The molecule has 2 aromatic rings. The van der Waals surface area contributed by atoms with Crippen LogP contribution in [0.4, 0.5) is 11.5 Å². The van der Waals surface area contributed by atoms with Crippen molar-refractivity contribution in [2.75, 3.05) is 5.32 Å². The molecule has 6 nitrogen and oxygen atoms in total. The van der Waals surface area contributed by atoms with Crippen LogP contribution < -0.4 is 10.1 Å². The zero-order valence-electron chi connectivity index (χ0n) is 12.1. The first-order valence-electron chi connectivity index (χ1n) is 6.55. The second-order valence-electron chi connectivity index (χ2n) is 4.87. The van der Waals surface area contributed by atoms with Crippen LogP contribution in [0.2, 0.25) is 0 Å². The minimum absolute atomic E-state index is 0.0192. The Morgan fingerprint density at radius 1 is 1.29 bits per heavy atom. The molecule has 0 aliphatic rings. The molecule has 0 amide bonds. The lowest BCUT2D eigenvalue weighted by Gasteiger charge is -2.11. The molecule has 0 radical (unpaired) electrons. The number of carboxylic acid groups (broad SMARTS) is 1. The van der Waals surface area contributed by atoms with Crippen LogP contribution in [-0.2, 0) is 0 Å². The highest BCUT2D eigenvalue weighted by molar-refractivity contribution is 5.90. The average molecular weight is 287 g/mol. The molecule has 0 bridgehead atoms. The first-order valence-corrected chi connectivity index (χ1v) is 6.55. The van der Waals surface area contributed by atoms with Crippen LogP contribution in [-0.4, -0.2) is 27.1 Å². The molecular weight excluding hydrogens is 270 g/mol. The van der Waals surface area contributed by atoms with Gasteiger partial charge in [-0.15, -0.1) is 0 Å². The van der Waals surface area contributed by atoms with Crippen molar-refractivity contribution in [3.63, 3.8) is 0 Å². The summed E-state index contributed by atoms with van der Waals surface area (Å²) in [5.74, 6) is 0.0524. The molecule has 1 aromatic carbocycles. The van der Waals surface area contributed by atoms with Gasteiger partial charge in [0.2, 0.25) is 5.88 Å². The van der Waals surface area contributed by atoms with Crippen molar-refractivity contribution < 1.29 is 14.6 Å². The number of nitrogens with zero attached hydrogens (tertiary/aromatic N) is 2. The molecule has 110 valence electrons. The largest absolute Gasteiger partial charge is 0.478 e. The normalized spacial score (nSPS) is 10.5. The maximum atomic E-state index is 11.1. The third kappa shape index (κ3) is 3.92. The molecule has 0 spiro atoms. The minimum Gasteiger partial charge on any atom is -0.478 e. The number of benzene rings is 1. The maximum Gasteiger partial charge on any atom is 0.336 e. The van der Waals surface area contributed by atoms with Crippen molar-refractivity contribution in [1.29, 1.82) is 0 Å². The van der Waals surface area contributed by atoms with Crippen molar-refractivity contribution in [3.8, 4) is 5.88 Å². The van der Waals surface area contributed by atoms with Gasteiger partial charge in [0.25, 0.3) is 0 Å². The number of carbonyl (C=O) groups is 1. The van der Waals surface area contributed by atoms with Crippen LogP contribution in [0.15, 0.2) is 30.6 Å². The monoisotopic (exact) mass is 287 g/mol. The van der Waals surface area contributed by atoms with E-state index in [4.69, 9.17) is 9.84 Å². The molecule has 1 aromatic heterocycles. The summed E-state index contributed by atoms with van der Waals surface area (Å²) in [6.07, 6.45) is 1.41. The molecule has 0 aliphatic carbocycles. The van der Waals surface area contributed by atoms with Gasteiger partial charge in [0.15, 0.2) is 0 Å². The van der Waals surface area contributed by atoms with E-state index in [0.717, 1.165) is 0 Å². The van der Waals surface area contributed by atoms with Gasteiger partial charge < -0.3 is 15.2 Å². The van der Waals surface area contributed by atoms with Crippen LogP contribution in [0.1, 0.15) is 29.8 Å². The van der Waals surface area contributed by atoms with Gasteiger partial charge in [-0.25, -0.2) is 14.8 Å². The fraction of sp³-hybridized carbons (Fsp3) is 0.267. The van der Waals surface area contributed by atoms with Gasteiger partial charge in [-0.2, -0.15) is 0 Å². The van der Waals surface area contributed by atoms with Gasteiger partial charge in [0.1, 0.15) is 12.1 Å². The summed E-state index contributed by atoms with van der Waals surface area (Å²) in [6, 6.07) is 6.79. The fourth-order valence-corrected chi connectivity index (χ4v) is 1.79. The Bertz CT molecular complexity index is 656. The summed E-state index contributed by atoms with van der Waals surface area (Å²) in [5.41, 5.74) is 1.61.